The number of hydrogen-bond donors (Lipinski definition) is 3. The van der Waals surface area contributed by atoms with Crippen LogP contribution in [0.25, 0.3) is 21.5 Å². The minimum atomic E-state index is -0.0228. The van der Waals surface area contributed by atoms with Crippen LogP contribution in [0, 0.1) is 0 Å². The molecule has 33 heavy (non-hydrogen) atoms. The Morgan fingerprint density at radius 3 is 1.52 bits per heavy atom. The second kappa shape index (κ2) is 7.42. The number of phenolic OH excluding ortho intramolecular Hbond substituents is 2. The Hall–Kier alpha value is -4.78. The topological polar surface area (TPSA) is 103 Å². The Kier molecular flexibility index (Phi) is 4.26. The first-order valence-electron chi connectivity index (χ1n) is 10.4. The quantitative estimate of drug-likeness (QED) is 0.343. The van der Waals surface area contributed by atoms with Gasteiger partial charge in [0.25, 0.3) is 0 Å². The van der Waals surface area contributed by atoms with Crippen molar-refractivity contribution in [2.24, 2.45) is 9.98 Å². The van der Waals surface area contributed by atoms with Gasteiger partial charge in [-0.25, -0.2) is 20.0 Å². The number of rotatable bonds is 2. The average Bonchev–Trinajstić information content (AvgIpc) is 3.21. The maximum atomic E-state index is 10.7. The predicted molar refractivity (Wildman–Crippen MR) is 129 cm³/mol. The van der Waals surface area contributed by atoms with Crippen LogP contribution in [0.15, 0.2) is 95.2 Å². The van der Waals surface area contributed by atoms with E-state index in [2.05, 4.69) is 15.3 Å². The average molecular weight is 431 g/mol. The highest BCUT2D eigenvalue weighted by atomic mass is 16.3. The molecule has 3 heterocycles. The normalized spacial score (nSPS) is 15.3. The molecule has 2 aromatic heterocycles. The molecule has 1 aliphatic rings. The highest BCUT2D eigenvalue weighted by molar-refractivity contribution is 6.28. The molecule has 5 aromatic rings. The van der Waals surface area contributed by atoms with Crippen molar-refractivity contribution in [3.63, 3.8) is 0 Å². The lowest BCUT2D eigenvalue weighted by atomic mass is 10.1. The lowest BCUT2D eigenvalue weighted by Gasteiger charge is -2.05. The van der Waals surface area contributed by atoms with Crippen LogP contribution in [0.5, 0.6) is 11.5 Å². The van der Waals surface area contributed by atoms with Crippen LogP contribution in [-0.4, -0.2) is 31.9 Å². The van der Waals surface area contributed by atoms with E-state index in [4.69, 9.17) is 9.98 Å². The summed E-state index contributed by atoms with van der Waals surface area (Å²) in [5.41, 5.74) is 0.729. The van der Waals surface area contributed by atoms with Crippen molar-refractivity contribution in [1.29, 1.82) is 0 Å². The monoisotopic (exact) mass is 431 g/mol. The number of phenols is 2. The number of aromatic nitrogens is 2. The molecule has 7 nitrogen and oxygen atoms in total. The van der Waals surface area contributed by atoms with Crippen LogP contribution < -0.4 is 5.32 Å². The van der Waals surface area contributed by atoms with E-state index in [1.165, 1.54) is 12.1 Å². The molecule has 158 valence electrons. The Balaban J connectivity index is 1.56. The molecular formula is C26H17N5O2. The number of fused-ring (bicyclic) bond motifs is 3. The first kappa shape index (κ1) is 18.9. The zero-order chi connectivity index (χ0) is 22.4. The molecule has 3 N–H and O–H groups in total. The summed E-state index contributed by atoms with van der Waals surface area (Å²) in [4.78, 5) is 18.3. The van der Waals surface area contributed by atoms with Gasteiger partial charge < -0.3 is 15.5 Å². The Morgan fingerprint density at radius 2 is 1.03 bits per heavy atom. The molecule has 0 radical (unpaired) electrons. The van der Waals surface area contributed by atoms with Crippen molar-refractivity contribution < 1.29 is 10.2 Å². The number of nitrogens with one attached hydrogen (secondary N) is 1. The minimum Gasteiger partial charge on any atom is -0.507 e. The zero-order valence-electron chi connectivity index (χ0n) is 17.3. The van der Waals surface area contributed by atoms with E-state index in [-0.39, 0.29) is 11.5 Å². The number of benzene rings is 3. The molecule has 0 aliphatic carbocycles. The van der Waals surface area contributed by atoms with Crippen LogP contribution in [-0.2, 0) is 0 Å². The smallest absolute Gasteiger partial charge is 0.162 e. The van der Waals surface area contributed by atoms with Crippen LogP contribution in [0.4, 0.5) is 11.6 Å². The third-order valence-electron chi connectivity index (χ3n) is 5.61. The van der Waals surface area contributed by atoms with Crippen LogP contribution in [0.3, 0.4) is 0 Å². The molecule has 7 heteroatoms. The van der Waals surface area contributed by atoms with Crippen molar-refractivity contribution in [1.82, 2.24) is 15.3 Å². The van der Waals surface area contributed by atoms with Crippen LogP contribution in [0.1, 0.15) is 11.1 Å². The van der Waals surface area contributed by atoms with Gasteiger partial charge in [-0.05, 0) is 35.0 Å². The summed E-state index contributed by atoms with van der Waals surface area (Å²) in [6, 6.07) is 22.3. The largest absolute Gasteiger partial charge is 0.507 e. The number of amidine groups is 2. The van der Waals surface area contributed by atoms with Gasteiger partial charge in [-0.1, -0.05) is 48.5 Å². The van der Waals surface area contributed by atoms with Gasteiger partial charge in [0, 0.05) is 23.2 Å². The first-order valence-corrected chi connectivity index (χ1v) is 10.4. The van der Waals surface area contributed by atoms with Crippen LogP contribution >= 0.6 is 0 Å². The van der Waals surface area contributed by atoms with Crippen LogP contribution in [0.2, 0.25) is 0 Å². The molecule has 0 saturated carbocycles. The number of pyridine rings is 2. The predicted octanol–water partition coefficient (Wildman–Crippen LogP) is 4.95. The molecule has 0 amide bonds. The lowest BCUT2D eigenvalue weighted by Crippen LogP contribution is -2.22. The molecule has 0 bridgehead atoms. The van der Waals surface area contributed by atoms with E-state index in [1.807, 2.05) is 60.7 Å². The van der Waals surface area contributed by atoms with Crippen molar-refractivity contribution in [3.8, 4) is 11.5 Å². The molecule has 6 rings (SSSR count). The van der Waals surface area contributed by atoms with Crippen molar-refractivity contribution >= 4 is 44.9 Å². The van der Waals surface area contributed by atoms with Crippen molar-refractivity contribution in [2.75, 3.05) is 0 Å². The van der Waals surface area contributed by atoms with E-state index >= 15 is 0 Å². The molecule has 0 unspecified atom stereocenters. The molecule has 0 atom stereocenters. The highest BCUT2D eigenvalue weighted by Crippen LogP contribution is 2.36. The van der Waals surface area contributed by atoms with Gasteiger partial charge in [0.05, 0.1) is 11.1 Å². The summed E-state index contributed by atoms with van der Waals surface area (Å²) in [5.74, 6) is 1.64. The van der Waals surface area contributed by atoms with E-state index in [9.17, 15) is 10.2 Å². The highest BCUT2D eigenvalue weighted by Gasteiger charge is 2.30. The summed E-state index contributed by atoms with van der Waals surface area (Å²) in [6.07, 6.45) is 3.38. The summed E-state index contributed by atoms with van der Waals surface area (Å²) in [6.45, 7) is 0. The van der Waals surface area contributed by atoms with E-state index in [0.29, 0.717) is 34.4 Å². The summed E-state index contributed by atoms with van der Waals surface area (Å²) in [7, 11) is 0. The molecule has 1 aliphatic heterocycles. The Labute approximate surface area is 188 Å². The van der Waals surface area contributed by atoms with Gasteiger partial charge >= 0.3 is 0 Å². The number of aliphatic imine (C=N–C) groups is 2. The summed E-state index contributed by atoms with van der Waals surface area (Å²) >= 11 is 0. The molecule has 0 spiro atoms. The fourth-order valence-electron chi connectivity index (χ4n) is 4.06. The van der Waals surface area contributed by atoms with Crippen molar-refractivity contribution in [3.05, 3.63) is 96.3 Å². The fraction of sp³-hybridized carbons (Fsp3) is 0. The van der Waals surface area contributed by atoms with Crippen molar-refractivity contribution in [2.45, 2.75) is 0 Å². The van der Waals surface area contributed by atoms with E-state index in [1.54, 1.807) is 12.4 Å². The fourth-order valence-corrected chi connectivity index (χ4v) is 4.06. The molecule has 0 fully saturated rings. The van der Waals surface area contributed by atoms with Gasteiger partial charge in [-0.3, -0.25) is 0 Å². The van der Waals surface area contributed by atoms with Gasteiger partial charge in [0.2, 0.25) is 0 Å². The Morgan fingerprint density at radius 1 is 0.576 bits per heavy atom. The summed E-state index contributed by atoms with van der Waals surface area (Å²) in [5, 5.41) is 28.2. The minimum absolute atomic E-state index is 0.0228. The molecule has 0 saturated heterocycles. The van der Waals surface area contributed by atoms with Gasteiger partial charge in [-0.15, -0.1) is 0 Å². The van der Waals surface area contributed by atoms with E-state index in [0.717, 1.165) is 21.5 Å². The van der Waals surface area contributed by atoms with Gasteiger partial charge in [0.15, 0.2) is 11.6 Å². The second-order valence-electron chi connectivity index (χ2n) is 7.61. The second-order valence-corrected chi connectivity index (χ2v) is 7.61. The third-order valence-corrected chi connectivity index (χ3v) is 5.61. The Bertz CT molecular complexity index is 1490. The number of nitrogens with zero attached hydrogens (tertiary/aromatic N) is 4. The first-order chi connectivity index (χ1) is 16.2. The number of hydrogen-bond acceptors (Lipinski definition) is 6. The molecule has 3 aromatic carbocycles. The third kappa shape index (κ3) is 3.14. The maximum Gasteiger partial charge on any atom is 0.162 e. The van der Waals surface area contributed by atoms with Gasteiger partial charge in [0.1, 0.15) is 23.2 Å². The SMILES string of the molecule is Oc1ccc(O)c2c1/C(=N/c1nccc3ccccc13)N/C2=N/c1nccc2ccccc12. The standard InChI is InChI=1S/C26H17N5O2/c32-19-9-10-20(33)22-21(19)25(29-23-17-7-3-1-5-15(17)11-13-27-23)31-26(22)30-24-18-8-4-2-6-16(18)12-14-28-24/h1-14,32-33H,(H,27,28,29,30,31). The summed E-state index contributed by atoms with van der Waals surface area (Å²) < 4.78 is 0. The zero-order valence-corrected chi connectivity index (χ0v) is 17.3. The van der Waals surface area contributed by atoms with Gasteiger partial charge in [-0.2, -0.15) is 0 Å². The molecular weight excluding hydrogens is 414 g/mol. The maximum absolute atomic E-state index is 10.7. The number of aromatic hydroxyl groups is 2. The lowest BCUT2D eigenvalue weighted by molar-refractivity contribution is 0.459. The van der Waals surface area contributed by atoms with E-state index < -0.39 is 0 Å².